The summed E-state index contributed by atoms with van der Waals surface area (Å²) in [4.78, 5) is 16.3. The lowest BCUT2D eigenvalue weighted by molar-refractivity contribution is -0.137. The van der Waals surface area contributed by atoms with Gasteiger partial charge in [-0.3, -0.25) is 4.79 Å². The van der Waals surface area contributed by atoms with Crippen molar-refractivity contribution < 1.29 is 22.7 Å². The molecule has 31 heavy (non-hydrogen) atoms. The molecule has 1 N–H and O–H groups in total. The van der Waals surface area contributed by atoms with Crippen molar-refractivity contribution in [3.63, 3.8) is 0 Å². The normalized spacial score (nSPS) is 11.4. The first-order valence-electron chi connectivity index (χ1n) is 9.68. The molecule has 2 aromatic heterocycles. The van der Waals surface area contributed by atoms with Crippen molar-refractivity contribution in [1.29, 1.82) is 0 Å². The van der Waals surface area contributed by atoms with Crippen molar-refractivity contribution >= 4 is 5.91 Å². The minimum absolute atomic E-state index is 0.115. The number of nitrogens with one attached hydrogen (secondary N) is 1. The van der Waals surface area contributed by atoms with Gasteiger partial charge in [0.15, 0.2) is 5.82 Å². The molecule has 0 saturated heterocycles. The van der Waals surface area contributed by atoms with Crippen molar-refractivity contribution in [2.45, 2.75) is 32.9 Å². The number of hydrogen-bond acceptors (Lipinski definition) is 4. The van der Waals surface area contributed by atoms with Gasteiger partial charge in [-0.25, -0.2) is 9.67 Å². The molecule has 0 saturated carbocycles. The van der Waals surface area contributed by atoms with E-state index in [0.29, 0.717) is 24.4 Å². The fraction of sp³-hybridized carbons (Fsp3) is 0.318. The van der Waals surface area contributed by atoms with E-state index in [9.17, 15) is 18.0 Å². The van der Waals surface area contributed by atoms with Gasteiger partial charge >= 0.3 is 6.18 Å². The maximum Gasteiger partial charge on any atom is 0.417 e. The molecule has 2 heterocycles. The van der Waals surface area contributed by atoms with Crippen molar-refractivity contribution in [3.8, 4) is 11.6 Å². The van der Waals surface area contributed by atoms with Crippen LogP contribution in [0.25, 0.3) is 5.82 Å². The molecule has 0 unspecified atom stereocenters. The van der Waals surface area contributed by atoms with Crippen LogP contribution in [0.3, 0.4) is 0 Å². The van der Waals surface area contributed by atoms with Crippen LogP contribution in [-0.2, 0) is 23.8 Å². The van der Waals surface area contributed by atoms with E-state index in [1.165, 1.54) is 10.7 Å². The van der Waals surface area contributed by atoms with Gasteiger partial charge in [-0.2, -0.15) is 18.3 Å². The predicted molar refractivity (Wildman–Crippen MR) is 109 cm³/mol. The number of para-hydroxylation sites is 1. The summed E-state index contributed by atoms with van der Waals surface area (Å²) < 4.78 is 45.0. The summed E-state index contributed by atoms with van der Waals surface area (Å²) in [5.41, 5.74) is 2.17. The Morgan fingerprint density at radius 2 is 1.90 bits per heavy atom. The second-order valence-electron chi connectivity index (χ2n) is 7.05. The number of alkyl halides is 3. The highest BCUT2D eigenvalue weighted by atomic mass is 19.4. The molecule has 0 bridgehead atoms. The second kappa shape index (κ2) is 9.20. The number of halogens is 3. The van der Waals surface area contributed by atoms with Crippen molar-refractivity contribution in [3.05, 3.63) is 70.7 Å². The number of rotatable bonds is 7. The lowest BCUT2D eigenvalue weighted by atomic mass is 10.1. The van der Waals surface area contributed by atoms with E-state index in [0.717, 1.165) is 29.1 Å². The Hall–Kier alpha value is -3.36. The Morgan fingerprint density at radius 1 is 1.16 bits per heavy atom. The molecule has 164 valence electrons. The van der Waals surface area contributed by atoms with Gasteiger partial charge in [0, 0.05) is 24.0 Å². The molecule has 0 aliphatic carbocycles. The lowest BCUT2D eigenvalue weighted by Gasteiger charge is -2.10. The molecule has 6 nitrogen and oxygen atoms in total. The Kier molecular flexibility index (Phi) is 6.62. The zero-order valence-electron chi connectivity index (χ0n) is 17.5. The number of carbonyl (C=O) groups excluding carboxylic acids is 1. The van der Waals surface area contributed by atoms with Crippen LogP contribution in [0.4, 0.5) is 13.2 Å². The predicted octanol–water partition coefficient (Wildman–Crippen LogP) is 3.81. The van der Waals surface area contributed by atoms with Crippen LogP contribution in [0.2, 0.25) is 0 Å². The molecule has 0 spiro atoms. The zero-order valence-corrected chi connectivity index (χ0v) is 17.5. The molecular formula is C22H23F3N4O2. The summed E-state index contributed by atoms with van der Waals surface area (Å²) in [6.45, 7) is 3.97. The minimum atomic E-state index is -4.45. The summed E-state index contributed by atoms with van der Waals surface area (Å²) in [7, 11) is 1.60. The monoisotopic (exact) mass is 432 g/mol. The molecule has 0 fully saturated rings. The second-order valence-corrected chi connectivity index (χ2v) is 7.05. The van der Waals surface area contributed by atoms with Gasteiger partial charge in [0.05, 0.1) is 24.8 Å². The van der Waals surface area contributed by atoms with Gasteiger partial charge in [-0.05, 0) is 44.0 Å². The molecule has 1 amide bonds. The van der Waals surface area contributed by atoms with E-state index in [2.05, 4.69) is 15.4 Å². The highest BCUT2D eigenvalue weighted by Gasteiger charge is 2.30. The number of hydrogen-bond donors (Lipinski definition) is 1. The van der Waals surface area contributed by atoms with Crippen LogP contribution in [-0.4, -0.2) is 34.3 Å². The number of pyridine rings is 1. The minimum Gasteiger partial charge on any atom is -0.496 e. The summed E-state index contributed by atoms with van der Waals surface area (Å²) >= 11 is 0. The first-order chi connectivity index (χ1) is 14.7. The lowest BCUT2D eigenvalue weighted by Crippen LogP contribution is -2.27. The zero-order chi connectivity index (χ0) is 22.6. The van der Waals surface area contributed by atoms with Gasteiger partial charge in [-0.1, -0.05) is 18.2 Å². The third-order valence-corrected chi connectivity index (χ3v) is 4.98. The Balaban J connectivity index is 1.66. The first-order valence-corrected chi connectivity index (χ1v) is 9.68. The Morgan fingerprint density at radius 3 is 2.55 bits per heavy atom. The molecule has 1 aromatic carbocycles. The Bertz CT molecular complexity index is 1060. The van der Waals surface area contributed by atoms with Crippen LogP contribution >= 0.6 is 0 Å². The summed E-state index contributed by atoms with van der Waals surface area (Å²) in [5, 5.41) is 7.24. The third-order valence-electron chi connectivity index (χ3n) is 4.98. The average Bonchev–Trinajstić information content (AvgIpc) is 3.02. The van der Waals surface area contributed by atoms with E-state index in [4.69, 9.17) is 4.74 Å². The van der Waals surface area contributed by atoms with Crippen LogP contribution in [0.1, 0.15) is 28.1 Å². The first kappa shape index (κ1) is 22.3. The van der Waals surface area contributed by atoms with Gasteiger partial charge in [-0.15, -0.1) is 0 Å². The number of nitrogens with zero attached hydrogens (tertiary/aromatic N) is 3. The summed E-state index contributed by atoms with van der Waals surface area (Å²) in [6.07, 6.45) is -2.93. The highest BCUT2D eigenvalue weighted by Crippen LogP contribution is 2.29. The van der Waals surface area contributed by atoms with Crippen LogP contribution < -0.4 is 10.1 Å². The fourth-order valence-electron chi connectivity index (χ4n) is 3.30. The van der Waals surface area contributed by atoms with Gasteiger partial charge < -0.3 is 10.1 Å². The van der Waals surface area contributed by atoms with Crippen molar-refractivity contribution in [2.24, 2.45) is 0 Å². The average molecular weight is 432 g/mol. The molecular weight excluding hydrogens is 409 g/mol. The van der Waals surface area contributed by atoms with Gasteiger partial charge in [0.2, 0.25) is 5.91 Å². The highest BCUT2D eigenvalue weighted by molar-refractivity contribution is 5.79. The van der Waals surface area contributed by atoms with Crippen LogP contribution in [0.15, 0.2) is 42.6 Å². The summed E-state index contributed by atoms with van der Waals surface area (Å²) in [6, 6.07) is 9.84. The van der Waals surface area contributed by atoms with E-state index < -0.39 is 11.7 Å². The topological polar surface area (TPSA) is 69.0 Å². The van der Waals surface area contributed by atoms with Gasteiger partial charge in [0.1, 0.15) is 5.75 Å². The number of ether oxygens (including phenoxy) is 1. The van der Waals surface area contributed by atoms with E-state index in [-0.39, 0.29) is 18.1 Å². The number of aryl methyl sites for hydroxylation is 1. The largest absolute Gasteiger partial charge is 0.496 e. The number of amides is 1. The van der Waals surface area contributed by atoms with Crippen LogP contribution in [0.5, 0.6) is 5.75 Å². The summed E-state index contributed by atoms with van der Waals surface area (Å²) in [5.74, 6) is 0.867. The third kappa shape index (κ3) is 5.22. The number of benzene rings is 1. The number of aromatic nitrogens is 3. The van der Waals surface area contributed by atoms with Crippen molar-refractivity contribution in [2.75, 3.05) is 13.7 Å². The molecule has 3 aromatic rings. The number of methoxy groups -OCH3 is 1. The van der Waals surface area contributed by atoms with Gasteiger partial charge in [0.25, 0.3) is 0 Å². The molecule has 0 aliphatic heterocycles. The molecule has 9 heteroatoms. The maximum atomic E-state index is 12.8. The molecule has 0 radical (unpaired) electrons. The molecule has 3 rings (SSSR count). The van der Waals surface area contributed by atoms with Crippen molar-refractivity contribution in [1.82, 2.24) is 20.1 Å². The van der Waals surface area contributed by atoms with E-state index in [1.807, 2.05) is 24.3 Å². The standard InChI is InChI=1S/C22H23F3N4O2/c1-14-18(12-21(30)26-11-10-16-6-4-5-7-19(16)31-3)15(2)29(28-14)20-9-8-17(13-27-20)22(23,24)25/h4-9,13H,10-12H2,1-3H3,(H,26,30). The van der Waals surface area contributed by atoms with E-state index >= 15 is 0 Å². The molecule has 0 aliphatic rings. The molecule has 0 atom stereocenters. The van der Waals surface area contributed by atoms with Crippen LogP contribution in [0, 0.1) is 13.8 Å². The SMILES string of the molecule is COc1ccccc1CCNC(=O)Cc1c(C)nn(-c2ccc(C(F)(F)F)cn2)c1C. The number of carbonyl (C=O) groups is 1. The quantitative estimate of drug-likeness (QED) is 0.617. The Labute approximate surface area is 178 Å². The van der Waals surface area contributed by atoms with E-state index in [1.54, 1.807) is 21.0 Å². The fourth-order valence-corrected chi connectivity index (χ4v) is 3.30. The smallest absolute Gasteiger partial charge is 0.417 e. The maximum absolute atomic E-state index is 12.8.